The molecule has 1 saturated heterocycles. The molecule has 0 radical (unpaired) electrons. The van der Waals surface area contributed by atoms with Crippen LogP contribution in [0.4, 0.5) is 0 Å². The number of rotatable bonds is 5. The molecule has 1 fully saturated rings. The molecule has 2 N–H and O–H groups in total. The molecule has 1 atom stereocenters. The first kappa shape index (κ1) is 17.5. The fourth-order valence-corrected chi connectivity index (χ4v) is 3.01. The number of nitrogens with one attached hydrogen (secondary N) is 2. The van der Waals surface area contributed by atoms with E-state index in [4.69, 9.17) is 16.0 Å². The van der Waals surface area contributed by atoms with Crippen molar-refractivity contribution in [2.24, 2.45) is 0 Å². The Balaban J connectivity index is 1.73. The van der Waals surface area contributed by atoms with Crippen molar-refractivity contribution in [2.75, 3.05) is 20.1 Å². The van der Waals surface area contributed by atoms with Crippen molar-refractivity contribution < 1.29 is 14.0 Å². The highest BCUT2D eigenvalue weighted by molar-refractivity contribution is 6.30. The van der Waals surface area contributed by atoms with Gasteiger partial charge in [0, 0.05) is 30.7 Å². The third-order valence-electron chi connectivity index (χ3n) is 4.25. The Morgan fingerprint density at radius 2 is 2.08 bits per heavy atom. The van der Waals surface area contributed by atoms with E-state index in [0.29, 0.717) is 24.7 Å². The number of nitrogens with zero attached hydrogens (tertiary/aromatic N) is 1. The smallest absolute Gasteiger partial charge is 0.237 e. The number of piperazine rings is 1. The van der Waals surface area contributed by atoms with Crippen LogP contribution >= 0.6 is 11.6 Å². The maximum atomic E-state index is 12.1. The third-order valence-corrected chi connectivity index (χ3v) is 4.50. The predicted octanol–water partition coefficient (Wildman–Crippen LogP) is 2.04. The molecule has 132 valence electrons. The molecule has 1 aliphatic heterocycles. The van der Waals surface area contributed by atoms with E-state index in [2.05, 4.69) is 10.6 Å². The zero-order valence-corrected chi connectivity index (χ0v) is 14.7. The van der Waals surface area contributed by atoms with E-state index in [1.807, 2.05) is 41.3 Å². The van der Waals surface area contributed by atoms with Gasteiger partial charge in [-0.05, 0) is 36.4 Å². The zero-order chi connectivity index (χ0) is 17.8. The van der Waals surface area contributed by atoms with Gasteiger partial charge in [-0.2, -0.15) is 0 Å². The molecule has 0 unspecified atom stereocenters. The Bertz CT molecular complexity index is 757. The topological polar surface area (TPSA) is 74.6 Å². The Labute approximate surface area is 151 Å². The SMILES string of the molecule is CNC(=O)C[C@@H]1C(=O)NCCN1Cc1ccc(-c2ccc(Cl)cc2)o1. The third kappa shape index (κ3) is 4.21. The molecule has 2 amide bonds. The van der Waals surface area contributed by atoms with Crippen LogP contribution in [0.25, 0.3) is 11.3 Å². The van der Waals surface area contributed by atoms with Crippen LogP contribution in [0, 0.1) is 0 Å². The van der Waals surface area contributed by atoms with Crippen molar-refractivity contribution in [3.63, 3.8) is 0 Å². The molecule has 2 heterocycles. The van der Waals surface area contributed by atoms with Crippen LogP contribution in [-0.4, -0.2) is 42.9 Å². The van der Waals surface area contributed by atoms with Crippen molar-refractivity contribution in [2.45, 2.75) is 19.0 Å². The Morgan fingerprint density at radius 3 is 2.80 bits per heavy atom. The van der Waals surface area contributed by atoms with Gasteiger partial charge in [0.15, 0.2) is 0 Å². The molecule has 25 heavy (non-hydrogen) atoms. The van der Waals surface area contributed by atoms with Crippen LogP contribution in [0.2, 0.25) is 5.02 Å². The lowest BCUT2D eigenvalue weighted by molar-refractivity contribution is -0.134. The molecule has 0 bridgehead atoms. The molecule has 0 aliphatic carbocycles. The highest BCUT2D eigenvalue weighted by atomic mass is 35.5. The second-order valence-electron chi connectivity index (χ2n) is 5.93. The summed E-state index contributed by atoms with van der Waals surface area (Å²) in [7, 11) is 1.57. The number of furan rings is 1. The first-order chi connectivity index (χ1) is 12.1. The summed E-state index contributed by atoms with van der Waals surface area (Å²) in [6.45, 7) is 1.71. The number of carbonyl (C=O) groups excluding carboxylic acids is 2. The summed E-state index contributed by atoms with van der Waals surface area (Å²) in [4.78, 5) is 25.8. The van der Waals surface area contributed by atoms with Crippen molar-refractivity contribution in [1.82, 2.24) is 15.5 Å². The molecular weight excluding hydrogens is 342 g/mol. The van der Waals surface area contributed by atoms with Gasteiger partial charge in [-0.25, -0.2) is 0 Å². The highest BCUT2D eigenvalue weighted by Crippen LogP contribution is 2.25. The van der Waals surface area contributed by atoms with Gasteiger partial charge in [-0.3, -0.25) is 14.5 Å². The normalized spacial score (nSPS) is 18.0. The lowest BCUT2D eigenvalue weighted by Crippen LogP contribution is -2.55. The number of halogens is 1. The Morgan fingerprint density at radius 1 is 1.32 bits per heavy atom. The number of benzene rings is 1. The van der Waals surface area contributed by atoms with Gasteiger partial charge >= 0.3 is 0 Å². The molecule has 1 aromatic heterocycles. The van der Waals surface area contributed by atoms with Gasteiger partial charge in [-0.15, -0.1) is 0 Å². The van der Waals surface area contributed by atoms with E-state index >= 15 is 0 Å². The van der Waals surface area contributed by atoms with E-state index in [9.17, 15) is 9.59 Å². The summed E-state index contributed by atoms with van der Waals surface area (Å²) in [6.07, 6.45) is 0.132. The van der Waals surface area contributed by atoms with Gasteiger partial charge in [0.2, 0.25) is 11.8 Å². The summed E-state index contributed by atoms with van der Waals surface area (Å²) in [5.74, 6) is 1.21. The summed E-state index contributed by atoms with van der Waals surface area (Å²) in [5, 5.41) is 6.05. The molecule has 2 aromatic rings. The average molecular weight is 362 g/mol. The monoisotopic (exact) mass is 361 g/mol. The Kier molecular flexibility index (Phi) is 5.40. The second kappa shape index (κ2) is 7.72. The molecular formula is C18H20ClN3O3. The fourth-order valence-electron chi connectivity index (χ4n) is 2.88. The van der Waals surface area contributed by atoms with Crippen molar-refractivity contribution in [1.29, 1.82) is 0 Å². The molecule has 6 nitrogen and oxygen atoms in total. The van der Waals surface area contributed by atoms with Crippen LogP contribution in [0.5, 0.6) is 0 Å². The quantitative estimate of drug-likeness (QED) is 0.854. The molecule has 1 aliphatic rings. The van der Waals surface area contributed by atoms with Gasteiger partial charge in [0.05, 0.1) is 19.0 Å². The molecule has 0 saturated carbocycles. The van der Waals surface area contributed by atoms with Gasteiger partial charge < -0.3 is 15.1 Å². The maximum absolute atomic E-state index is 12.1. The van der Waals surface area contributed by atoms with Crippen LogP contribution in [0.3, 0.4) is 0 Å². The van der Waals surface area contributed by atoms with Crippen LogP contribution in [0.1, 0.15) is 12.2 Å². The van der Waals surface area contributed by atoms with Gasteiger partial charge in [-0.1, -0.05) is 11.6 Å². The summed E-state index contributed by atoms with van der Waals surface area (Å²) < 4.78 is 5.91. The van der Waals surface area contributed by atoms with E-state index in [1.54, 1.807) is 7.05 Å². The average Bonchev–Trinajstić information content (AvgIpc) is 3.07. The number of carbonyl (C=O) groups is 2. The minimum atomic E-state index is -0.488. The van der Waals surface area contributed by atoms with Gasteiger partial charge in [0.25, 0.3) is 0 Å². The van der Waals surface area contributed by atoms with E-state index < -0.39 is 6.04 Å². The molecule has 1 aromatic carbocycles. The number of amides is 2. The molecule has 7 heteroatoms. The summed E-state index contributed by atoms with van der Waals surface area (Å²) in [6, 6.07) is 10.7. The minimum absolute atomic E-state index is 0.126. The number of hydrogen-bond acceptors (Lipinski definition) is 4. The van der Waals surface area contributed by atoms with E-state index in [-0.39, 0.29) is 18.2 Å². The van der Waals surface area contributed by atoms with Crippen LogP contribution in [0.15, 0.2) is 40.8 Å². The number of hydrogen-bond donors (Lipinski definition) is 2. The Hall–Kier alpha value is -2.31. The van der Waals surface area contributed by atoms with E-state index in [1.165, 1.54) is 0 Å². The lowest BCUT2D eigenvalue weighted by atomic mass is 10.1. The van der Waals surface area contributed by atoms with Crippen molar-refractivity contribution in [3.8, 4) is 11.3 Å². The zero-order valence-electron chi connectivity index (χ0n) is 13.9. The van der Waals surface area contributed by atoms with Crippen LogP contribution < -0.4 is 10.6 Å². The minimum Gasteiger partial charge on any atom is -0.460 e. The van der Waals surface area contributed by atoms with Gasteiger partial charge in [0.1, 0.15) is 11.5 Å². The molecule has 3 rings (SSSR count). The first-order valence-corrected chi connectivity index (χ1v) is 8.51. The second-order valence-corrected chi connectivity index (χ2v) is 6.36. The summed E-state index contributed by atoms with van der Waals surface area (Å²) >= 11 is 5.91. The van der Waals surface area contributed by atoms with E-state index in [0.717, 1.165) is 17.1 Å². The first-order valence-electron chi connectivity index (χ1n) is 8.14. The largest absolute Gasteiger partial charge is 0.460 e. The molecule has 0 spiro atoms. The maximum Gasteiger partial charge on any atom is 0.237 e. The highest BCUT2D eigenvalue weighted by Gasteiger charge is 2.31. The standard InChI is InChI=1S/C18H20ClN3O3/c1-20-17(23)10-15-18(24)21-8-9-22(15)11-14-6-7-16(25-14)12-2-4-13(19)5-3-12/h2-7,15H,8-11H2,1H3,(H,20,23)(H,21,24)/t15-/m1/s1. The lowest BCUT2D eigenvalue weighted by Gasteiger charge is -2.33. The van der Waals surface area contributed by atoms with Crippen LogP contribution in [-0.2, 0) is 16.1 Å². The fraction of sp³-hybridized carbons (Fsp3) is 0.333. The predicted molar refractivity (Wildman–Crippen MR) is 95.0 cm³/mol. The summed E-state index contributed by atoms with van der Waals surface area (Å²) in [5.41, 5.74) is 0.939. The van der Waals surface area contributed by atoms with Crippen molar-refractivity contribution in [3.05, 3.63) is 47.2 Å². The van der Waals surface area contributed by atoms with Crippen molar-refractivity contribution >= 4 is 23.4 Å².